The number of anilines is 1. The number of pyridine rings is 1. The third-order valence-electron chi connectivity index (χ3n) is 6.62. The van der Waals surface area contributed by atoms with E-state index < -0.39 is 0 Å². The van der Waals surface area contributed by atoms with Crippen LogP contribution in [0.25, 0.3) is 5.52 Å². The lowest BCUT2D eigenvalue weighted by molar-refractivity contribution is 0.0663. The van der Waals surface area contributed by atoms with E-state index in [1.807, 2.05) is 28.1 Å². The Bertz CT molecular complexity index is 937. The highest BCUT2D eigenvalue weighted by molar-refractivity contribution is 5.94. The number of nitrogens with zero attached hydrogens (tertiary/aromatic N) is 6. The Balaban J connectivity index is 1.47. The van der Waals surface area contributed by atoms with Gasteiger partial charge in [0.1, 0.15) is 5.82 Å². The van der Waals surface area contributed by atoms with Gasteiger partial charge in [0.2, 0.25) is 0 Å². The summed E-state index contributed by atoms with van der Waals surface area (Å²) in [6.45, 7) is 4.57. The van der Waals surface area contributed by atoms with Crippen molar-refractivity contribution in [2.24, 2.45) is 0 Å². The minimum absolute atomic E-state index is 0.0607. The molecule has 168 valence electrons. The van der Waals surface area contributed by atoms with Crippen molar-refractivity contribution in [3.05, 3.63) is 36.0 Å². The number of amides is 3. The molecule has 0 atom stereocenters. The maximum Gasteiger partial charge on any atom is 0.319 e. The molecule has 4 heterocycles. The normalized spacial score (nSPS) is 18.2. The number of aromatic nitrogens is 1. The van der Waals surface area contributed by atoms with Crippen LogP contribution in [0, 0.1) is 0 Å². The zero-order valence-corrected chi connectivity index (χ0v) is 19.1. The molecule has 31 heavy (non-hydrogen) atoms. The average molecular weight is 427 g/mol. The molecule has 0 unspecified atom stereocenters. The van der Waals surface area contributed by atoms with Gasteiger partial charge < -0.3 is 28.9 Å². The standard InChI is InChI=1S/C23H34N6O2/c1-24(2)19-9-11-27(12-10-19)22(30)18-5-6-20-7-8-21(29(20)17-18)26-13-15-28(16-14-26)23(31)25(3)4/h5-8,17,19H,9-16H2,1-4H3. The molecule has 2 saturated heterocycles. The molecule has 2 aromatic heterocycles. The lowest BCUT2D eigenvalue weighted by atomic mass is 10.0. The van der Waals surface area contributed by atoms with E-state index in [0.717, 1.165) is 55.9 Å². The van der Waals surface area contributed by atoms with Crippen LogP contribution in [-0.2, 0) is 0 Å². The first kappa shape index (κ1) is 21.5. The lowest BCUT2D eigenvalue weighted by Crippen LogP contribution is -2.51. The van der Waals surface area contributed by atoms with E-state index in [0.29, 0.717) is 19.1 Å². The predicted molar refractivity (Wildman–Crippen MR) is 123 cm³/mol. The van der Waals surface area contributed by atoms with Crippen LogP contribution < -0.4 is 4.90 Å². The minimum atomic E-state index is 0.0607. The second kappa shape index (κ2) is 8.78. The Labute approximate surface area is 184 Å². The second-order valence-electron chi connectivity index (χ2n) is 9.04. The van der Waals surface area contributed by atoms with Gasteiger partial charge in [-0.1, -0.05) is 0 Å². The van der Waals surface area contributed by atoms with Gasteiger partial charge in [0.05, 0.1) is 5.56 Å². The molecule has 0 spiro atoms. The highest BCUT2D eigenvalue weighted by Crippen LogP contribution is 2.23. The Kier molecular flexibility index (Phi) is 6.09. The van der Waals surface area contributed by atoms with Crippen LogP contribution in [0.15, 0.2) is 30.5 Å². The summed E-state index contributed by atoms with van der Waals surface area (Å²) in [6, 6.07) is 8.77. The van der Waals surface area contributed by atoms with Gasteiger partial charge in [0.25, 0.3) is 5.91 Å². The largest absolute Gasteiger partial charge is 0.354 e. The molecule has 8 heteroatoms. The quantitative estimate of drug-likeness (QED) is 0.753. The molecular weight excluding hydrogens is 392 g/mol. The van der Waals surface area contributed by atoms with Gasteiger partial charge in [-0.3, -0.25) is 4.79 Å². The van der Waals surface area contributed by atoms with E-state index in [-0.39, 0.29) is 11.9 Å². The zero-order chi connectivity index (χ0) is 22.1. The number of hydrogen-bond donors (Lipinski definition) is 0. The van der Waals surface area contributed by atoms with Crippen LogP contribution in [0.2, 0.25) is 0 Å². The van der Waals surface area contributed by atoms with Crippen LogP contribution in [0.5, 0.6) is 0 Å². The maximum absolute atomic E-state index is 13.1. The fourth-order valence-corrected chi connectivity index (χ4v) is 4.65. The summed E-state index contributed by atoms with van der Waals surface area (Å²) in [5, 5.41) is 0. The first-order valence-corrected chi connectivity index (χ1v) is 11.1. The molecular formula is C23H34N6O2. The number of hydrogen-bond acceptors (Lipinski definition) is 4. The first-order chi connectivity index (χ1) is 14.8. The summed E-state index contributed by atoms with van der Waals surface area (Å²) >= 11 is 0. The highest BCUT2D eigenvalue weighted by atomic mass is 16.2. The van der Waals surface area contributed by atoms with Crippen molar-refractivity contribution in [1.29, 1.82) is 0 Å². The number of carbonyl (C=O) groups is 2. The number of carbonyl (C=O) groups excluding carboxylic acids is 2. The molecule has 0 aromatic carbocycles. The van der Waals surface area contributed by atoms with Crippen molar-refractivity contribution >= 4 is 23.3 Å². The smallest absolute Gasteiger partial charge is 0.319 e. The molecule has 4 rings (SSSR count). The Morgan fingerprint density at radius 2 is 1.48 bits per heavy atom. The number of fused-ring (bicyclic) bond motifs is 1. The number of rotatable bonds is 3. The molecule has 2 aliphatic heterocycles. The van der Waals surface area contributed by atoms with E-state index in [1.54, 1.807) is 19.0 Å². The molecule has 0 saturated carbocycles. The molecule has 3 amide bonds. The van der Waals surface area contributed by atoms with Crippen LogP contribution in [0.4, 0.5) is 10.6 Å². The third kappa shape index (κ3) is 4.35. The van der Waals surface area contributed by atoms with Crippen molar-refractivity contribution < 1.29 is 9.59 Å². The summed E-state index contributed by atoms with van der Waals surface area (Å²) in [5.74, 6) is 1.19. The fraction of sp³-hybridized carbons (Fsp3) is 0.565. The summed E-state index contributed by atoms with van der Waals surface area (Å²) < 4.78 is 2.11. The summed E-state index contributed by atoms with van der Waals surface area (Å²) in [7, 11) is 7.80. The number of piperazine rings is 1. The number of piperidine rings is 1. The molecule has 0 N–H and O–H groups in total. The molecule has 2 aromatic rings. The molecule has 0 aliphatic carbocycles. The van der Waals surface area contributed by atoms with Gasteiger partial charge in [0.15, 0.2) is 0 Å². The Hall–Kier alpha value is -2.74. The monoisotopic (exact) mass is 426 g/mol. The van der Waals surface area contributed by atoms with E-state index in [2.05, 4.69) is 40.4 Å². The van der Waals surface area contributed by atoms with Gasteiger partial charge in [-0.2, -0.15) is 0 Å². The van der Waals surface area contributed by atoms with E-state index in [1.165, 1.54) is 0 Å². The minimum Gasteiger partial charge on any atom is -0.354 e. The van der Waals surface area contributed by atoms with Gasteiger partial charge >= 0.3 is 6.03 Å². The summed E-state index contributed by atoms with van der Waals surface area (Å²) in [6.07, 6.45) is 4.01. The van der Waals surface area contributed by atoms with E-state index >= 15 is 0 Å². The van der Waals surface area contributed by atoms with Crippen molar-refractivity contribution in [2.75, 3.05) is 72.4 Å². The molecule has 2 aliphatic rings. The van der Waals surface area contributed by atoms with Gasteiger partial charge in [0, 0.05) is 71.1 Å². The summed E-state index contributed by atoms with van der Waals surface area (Å²) in [5.41, 5.74) is 1.80. The van der Waals surface area contributed by atoms with Crippen LogP contribution in [-0.4, -0.2) is 109 Å². The lowest BCUT2D eigenvalue weighted by Gasteiger charge is -2.37. The Morgan fingerprint density at radius 3 is 2.10 bits per heavy atom. The van der Waals surface area contributed by atoms with Crippen LogP contribution >= 0.6 is 0 Å². The van der Waals surface area contributed by atoms with Crippen LogP contribution in [0.1, 0.15) is 23.2 Å². The molecule has 8 nitrogen and oxygen atoms in total. The van der Waals surface area contributed by atoms with E-state index in [4.69, 9.17) is 0 Å². The SMILES string of the molecule is CN(C)C(=O)N1CCN(c2ccc3ccc(C(=O)N4CCC(N(C)C)CC4)cn23)CC1. The number of urea groups is 1. The third-order valence-corrected chi connectivity index (χ3v) is 6.62. The van der Waals surface area contributed by atoms with Gasteiger partial charge in [-0.05, 0) is 51.2 Å². The van der Waals surface area contributed by atoms with Gasteiger partial charge in [-0.15, -0.1) is 0 Å². The predicted octanol–water partition coefficient (Wildman–Crippen LogP) is 1.91. The Morgan fingerprint density at radius 1 is 0.839 bits per heavy atom. The maximum atomic E-state index is 13.1. The van der Waals surface area contributed by atoms with Crippen molar-refractivity contribution in [1.82, 2.24) is 24.0 Å². The topological polar surface area (TPSA) is 54.8 Å². The number of likely N-dealkylation sites (tertiary alicyclic amines) is 1. The molecule has 0 radical (unpaired) electrons. The summed E-state index contributed by atoms with van der Waals surface area (Å²) in [4.78, 5) is 35.4. The van der Waals surface area contributed by atoms with Gasteiger partial charge in [-0.25, -0.2) is 4.79 Å². The van der Waals surface area contributed by atoms with Crippen molar-refractivity contribution in [2.45, 2.75) is 18.9 Å². The molecule has 2 fully saturated rings. The van der Waals surface area contributed by atoms with Crippen LogP contribution in [0.3, 0.4) is 0 Å². The average Bonchev–Trinajstić information content (AvgIpc) is 3.21. The van der Waals surface area contributed by atoms with Crippen molar-refractivity contribution in [3.63, 3.8) is 0 Å². The highest BCUT2D eigenvalue weighted by Gasteiger charge is 2.26. The second-order valence-corrected chi connectivity index (χ2v) is 9.04. The van der Waals surface area contributed by atoms with Crippen molar-refractivity contribution in [3.8, 4) is 0 Å². The molecule has 0 bridgehead atoms. The zero-order valence-electron chi connectivity index (χ0n) is 19.1. The first-order valence-electron chi connectivity index (χ1n) is 11.1. The van der Waals surface area contributed by atoms with E-state index in [9.17, 15) is 9.59 Å². The fourth-order valence-electron chi connectivity index (χ4n) is 4.65.